The van der Waals surface area contributed by atoms with Crippen molar-refractivity contribution >= 4 is 5.91 Å². The zero-order valence-corrected chi connectivity index (χ0v) is 19.2. The molecule has 1 aliphatic heterocycles. The second-order valence-electron chi connectivity index (χ2n) is 7.98. The zero-order chi connectivity index (χ0) is 23.0. The Balaban J connectivity index is 1.30. The summed E-state index contributed by atoms with van der Waals surface area (Å²) in [6, 6.07) is 19.1. The van der Waals surface area contributed by atoms with Crippen molar-refractivity contribution in [3.05, 3.63) is 77.7 Å². The highest BCUT2D eigenvalue weighted by molar-refractivity contribution is 5.91. The monoisotopic (exact) mass is 450 g/mol. The maximum Gasteiger partial charge on any atom is 0.289 e. The summed E-state index contributed by atoms with van der Waals surface area (Å²) >= 11 is 0. The molecule has 0 saturated carbocycles. The van der Waals surface area contributed by atoms with Gasteiger partial charge in [0.05, 0.1) is 14.2 Å². The van der Waals surface area contributed by atoms with Crippen molar-refractivity contribution in [3.8, 4) is 17.2 Å². The van der Waals surface area contributed by atoms with Crippen LogP contribution in [0.4, 0.5) is 0 Å². The van der Waals surface area contributed by atoms with E-state index in [0.717, 1.165) is 31.8 Å². The van der Waals surface area contributed by atoms with Crippen LogP contribution in [0.5, 0.6) is 17.2 Å². The first-order valence-electron chi connectivity index (χ1n) is 11.2. The summed E-state index contributed by atoms with van der Waals surface area (Å²) in [5.74, 6) is 3.01. The van der Waals surface area contributed by atoms with Crippen molar-refractivity contribution in [1.29, 1.82) is 0 Å². The molecule has 4 rings (SSSR count). The molecule has 174 valence electrons. The van der Waals surface area contributed by atoms with E-state index in [2.05, 4.69) is 17.0 Å². The standard InChI is InChI=1S/C26H30N2O5/c1-30-21-10-8-20(9-11-21)18-27-14-5-15-28(17-16-27)26(29)25-13-12-22(33-25)19-32-24-7-4-3-6-23(24)31-2/h3-4,6-13H,5,14-19H2,1-2H3. The van der Waals surface area contributed by atoms with Gasteiger partial charge in [-0.2, -0.15) is 0 Å². The molecule has 7 heteroatoms. The van der Waals surface area contributed by atoms with Crippen LogP contribution in [0.1, 0.15) is 28.3 Å². The van der Waals surface area contributed by atoms with Crippen LogP contribution in [0.15, 0.2) is 65.1 Å². The Bertz CT molecular complexity index is 1050. The molecule has 1 amide bonds. The van der Waals surface area contributed by atoms with E-state index in [0.29, 0.717) is 36.1 Å². The molecule has 1 fully saturated rings. The molecule has 33 heavy (non-hydrogen) atoms. The van der Waals surface area contributed by atoms with Crippen LogP contribution in [0.2, 0.25) is 0 Å². The molecule has 1 saturated heterocycles. The molecule has 0 aliphatic carbocycles. The van der Waals surface area contributed by atoms with Gasteiger partial charge in [-0.05, 0) is 48.4 Å². The van der Waals surface area contributed by atoms with E-state index in [1.165, 1.54) is 5.56 Å². The number of para-hydroxylation sites is 2. The summed E-state index contributed by atoms with van der Waals surface area (Å²) in [7, 11) is 3.27. The number of methoxy groups -OCH3 is 2. The number of hydrogen-bond acceptors (Lipinski definition) is 6. The Morgan fingerprint density at radius 2 is 1.67 bits per heavy atom. The summed E-state index contributed by atoms with van der Waals surface area (Å²) in [6.07, 6.45) is 0.923. The number of ether oxygens (including phenoxy) is 3. The topological polar surface area (TPSA) is 64.4 Å². The lowest BCUT2D eigenvalue weighted by Gasteiger charge is -2.21. The van der Waals surface area contributed by atoms with Crippen molar-refractivity contribution in [2.45, 2.75) is 19.6 Å². The number of carbonyl (C=O) groups is 1. The van der Waals surface area contributed by atoms with Crippen LogP contribution in [0.25, 0.3) is 0 Å². The number of furan rings is 1. The lowest BCUT2D eigenvalue weighted by atomic mass is 10.2. The van der Waals surface area contributed by atoms with Gasteiger partial charge in [0, 0.05) is 32.7 Å². The number of hydrogen-bond donors (Lipinski definition) is 0. The third kappa shape index (κ3) is 5.87. The SMILES string of the molecule is COc1ccc(CN2CCCN(C(=O)c3ccc(COc4ccccc4OC)o3)CC2)cc1. The van der Waals surface area contributed by atoms with Crippen LogP contribution in [-0.4, -0.2) is 56.1 Å². The molecule has 0 bridgehead atoms. The van der Waals surface area contributed by atoms with Crippen LogP contribution >= 0.6 is 0 Å². The van der Waals surface area contributed by atoms with Gasteiger partial charge in [-0.15, -0.1) is 0 Å². The molecular formula is C26H30N2O5. The van der Waals surface area contributed by atoms with Gasteiger partial charge in [0.15, 0.2) is 17.3 Å². The number of amides is 1. The van der Waals surface area contributed by atoms with Crippen molar-refractivity contribution < 1.29 is 23.4 Å². The van der Waals surface area contributed by atoms with E-state index >= 15 is 0 Å². The summed E-state index contributed by atoms with van der Waals surface area (Å²) in [5.41, 5.74) is 1.24. The third-order valence-electron chi connectivity index (χ3n) is 5.75. The van der Waals surface area contributed by atoms with E-state index in [1.54, 1.807) is 26.4 Å². The molecule has 2 aromatic carbocycles. The number of rotatable bonds is 8. The number of benzene rings is 2. The van der Waals surface area contributed by atoms with Crippen LogP contribution in [-0.2, 0) is 13.2 Å². The van der Waals surface area contributed by atoms with Gasteiger partial charge >= 0.3 is 0 Å². The lowest BCUT2D eigenvalue weighted by molar-refractivity contribution is 0.0725. The maximum atomic E-state index is 13.0. The molecule has 3 aromatic rings. The fourth-order valence-corrected chi connectivity index (χ4v) is 3.93. The molecule has 0 radical (unpaired) electrons. The molecule has 0 N–H and O–H groups in total. The lowest BCUT2D eigenvalue weighted by Crippen LogP contribution is -2.34. The highest BCUT2D eigenvalue weighted by Crippen LogP contribution is 2.27. The Morgan fingerprint density at radius 3 is 2.42 bits per heavy atom. The minimum Gasteiger partial charge on any atom is -0.497 e. The number of nitrogens with zero attached hydrogens (tertiary/aromatic N) is 2. The normalized spacial score (nSPS) is 14.5. The highest BCUT2D eigenvalue weighted by atomic mass is 16.5. The van der Waals surface area contributed by atoms with Crippen molar-refractivity contribution in [2.75, 3.05) is 40.4 Å². The van der Waals surface area contributed by atoms with E-state index < -0.39 is 0 Å². The minimum absolute atomic E-state index is 0.0789. The largest absolute Gasteiger partial charge is 0.497 e. The van der Waals surface area contributed by atoms with Gasteiger partial charge in [-0.1, -0.05) is 24.3 Å². The van der Waals surface area contributed by atoms with E-state index in [-0.39, 0.29) is 12.5 Å². The maximum absolute atomic E-state index is 13.0. The predicted molar refractivity (Wildman–Crippen MR) is 125 cm³/mol. The molecule has 7 nitrogen and oxygen atoms in total. The average Bonchev–Trinajstić information content (AvgIpc) is 3.21. The summed E-state index contributed by atoms with van der Waals surface area (Å²) in [4.78, 5) is 17.3. The van der Waals surface area contributed by atoms with Crippen molar-refractivity contribution in [1.82, 2.24) is 9.80 Å². The fourth-order valence-electron chi connectivity index (χ4n) is 3.93. The molecule has 0 spiro atoms. The van der Waals surface area contributed by atoms with E-state index in [4.69, 9.17) is 18.6 Å². The van der Waals surface area contributed by atoms with Gasteiger partial charge in [-0.25, -0.2) is 0 Å². The Morgan fingerprint density at radius 1 is 0.879 bits per heavy atom. The third-order valence-corrected chi connectivity index (χ3v) is 5.75. The molecule has 1 aliphatic rings. The molecule has 1 aromatic heterocycles. The van der Waals surface area contributed by atoms with Gasteiger partial charge in [0.25, 0.3) is 5.91 Å². The van der Waals surface area contributed by atoms with Gasteiger partial charge in [-0.3, -0.25) is 9.69 Å². The zero-order valence-electron chi connectivity index (χ0n) is 19.2. The minimum atomic E-state index is -0.0789. The van der Waals surface area contributed by atoms with Crippen molar-refractivity contribution in [2.24, 2.45) is 0 Å². The molecule has 0 atom stereocenters. The Kier molecular flexibility index (Phi) is 7.52. The second kappa shape index (κ2) is 10.9. The van der Waals surface area contributed by atoms with Crippen LogP contribution in [0, 0.1) is 0 Å². The van der Waals surface area contributed by atoms with E-state index in [9.17, 15) is 4.79 Å². The van der Waals surface area contributed by atoms with E-state index in [1.807, 2.05) is 41.3 Å². The summed E-state index contributed by atoms with van der Waals surface area (Å²) in [6.45, 7) is 4.24. The van der Waals surface area contributed by atoms with Crippen LogP contribution in [0.3, 0.4) is 0 Å². The van der Waals surface area contributed by atoms with Gasteiger partial charge in [0.2, 0.25) is 0 Å². The second-order valence-corrected chi connectivity index (χ2v) is 7.98. The predicted octanol–water partition coefficient (Wildman–Crippen LogP) is 4.22. The van der Waals surface area contributed by atoms with Gasteiger partial charge in [0.1, 0.15) is 18.1 Å². The van der Waals surface area contributed by atoms with Crippen molar-refractivity contribution in [3.63, 3.8) is 0 Å². The summed E-state index contributed by atoms with van der Waals surface area (Å²) < 4.78 is 22.1. The summed E-state index contributed by atoms with van der Waals surface area (Å²) in [5, 5.41) is 0. The first-order chi connectivity index (χ1) is 16.2. The van der Waals surface area contributed by atoms with Crippen LogP contribution < -0.4 is 14.2 Å². The molecule has 0 unspecified atom stereocenters. The number of carbonyl (C=O) groups excluding carboxylic acids is 1. The molecule has 2 heterocycles. The fraction of sp³-hybridized carbons (Fsp3) is 0.346. The first-order valence-corrected chi connectivity index (χ1v) is 11.2. The Labute approximate surface area is 194 Å². The highest BCUT2D eigenvalue weighted by Gasteiger charge is 2.23. The average molecular weight is 451 g/mol. The van der Waals surface area contributed by atoms with Gasteiger partial charge < -0.3 is 23.5 Å². The Hall–Kier alpha value is -3.45. The quantitative estimate of drug-likeness (QED) is 0.512. The first kappa shape index (κ1) is 22.7. The molecular weight excluding hydrogens is 420 g/mol. The smallest absolute Gasteiger partial charge is 0.289 e.